The number of carbonyl (C=O) groups is 7. The number of hydrogen-bond acceptors (Lipinski definition) is 12. The average molecular weight is 730 g/mol. The van der Waals surface area contributed by atoms with Crippen LogP contribution < -0.4 is 42.4 Å². The zero-order chi connectivity index (χ0) is 37.7. The smallest absolute Gasteiger partial charge is 0.304 e. The number of anilines is 1. The molecule has 0 bridgehead atoms. The number of nitrogens with two attached hydrogens (primary N) is 2. The molecule has 0 saturated heterocycles. The average Bonchev–Trinajstić information content (AvgIpc) is 3.19. The van der Waals surface area contributed by atoms with E-state index in [1.54, 1.807) is 24.3 Å². The highest BCUT2D eigenvalue weighted by molar-refractivity contribution is 7.80. The van der Waals surface area contributed by atoms with Crippen molar-refractivity contribution in [2.75, 3.05) is 49.9 Å². The molecule has 20 heteroatoms. The highest BCUT2D eigenvalue weighted by atomic mass is 32.1. The van der Waals surface area contributed by atoms with Crippen LogP contribution in [-0.2, 0) is 40.2 Å². The summed E-state index contributed by atoms with van der Waals surface area (Å²) in [5.41, 5.74) is 12.2. The van der Waals surface area contributed by atoms with Crippen molar-refractivity contribution in [3.63, 3.8) is 0 Å². The summed E-state index contributed by atoms with van der Waals surface area (Å²) in [4.78, 5) is 87.1. The van der Waals surface area contributed by atoms with Gasteiger partial charge in [0, 0.05) is 23.4 Å². The van der Waals surface area contributed by atoms with Gasteiger partial charge in [-0.05, 0) is 23.8 Å². The number of nitrogens with zero attached hydrogens (tertiary/aromatic N) is 2. The molecule has 1 heterocycles. The number of aliphatic carboxylic acids is 1. The van der Waals surface area contributed by atoms with Gasteiger partial charge in [-0.1, -0.05) is 24.3 Å². The van der Waals surface area contributed by atoms with Crippen molar-refractivity contribution in [2.45, 2.75) is 25.3 Å². The van der Waals surface area contributed by atoms with Gasteiger partial charge in [-0.25, -0.2) is 0 Å². The molecule has 0 aliphatic carbocycles. The lowest BCUT2D eigenvalue weighted by Gasteiger charge is -2.25. The predicted octanol–water partition coefficient (Wildman–Crippen LogP) is -3.09. The quantitative estimate of drug-likeness (QED) is 0.0415. The standard InChI is InChI=1S/C31H39N9O10S/c32-29(33)18-3-1-17(2-4-18)15-50-19-5-6-22-20(9-19)31(49)39(8-7-28(46)47)14-27(45)40(22)13-26(44)37-11-24(42)35-10-23(41)36-12-25(43)38-21(16-51)30(34)48/h1-6,9,21,31,49,51H,7-8,10-16H2,(H3,32,33)(H2,34,48)(H,35,42)(H,36,41)(H,37,44)(H,38,43)(H,46,47). The predicted molar refractivity (Wildman–Crippen MR) is 183 cm³/mol. The Morgan fingerprint density at radius 3 is 2.12 bits per heavy atom. The van der Waals surface area contributed by atoms with Crippen LogP contribution >= 0.6 is 12.6 Å². The second kappa shape index (κ2) is 18.9. The van der Waals surface area contributed by atoms with Crippen LogP contribution in [0.1, 0.15) is 29.3 Å². The van der Waals surface area contributed by atoms with Gasteiger partial charge in [-0.15, -0.1) is 0 Å². The van der Waals surface area contributed by atoms with Crippen LogP contribution in [0.25, 0.3) is 0 Å². The largest absolute Gasteiger partial charge is 0.489 e. The number of primary amides is 1. The minimum Gasteiger partial charge on any atom is -0.489 e. The van der Waals surface area contributed by atoms with E-state index >= 15 is 0 Å². The number of aliphatic hydroxyl groups is 1. The number of fused-ring (bicyclic) bond motifs is 1. The summed E-state index contributed by atoms with van der Waals surface area (Å²) in [6.07, 6.45) is -1.82. The van der Waals surface area contributed by atoms with E-state index in [0.717, 1.165) is 10.5 Å². The molecule has 0 fully saturated rings. The molecule has 1 aliphatic heterocycles. The van der Waals surface area contributed by atoms with Crippen molar-refractivity contribution in [2.24, 2.45) is 11.5 Å². The number of thiol groups is 1. The molecule has 0 aromatic heterocycles. The van der Waals surface area contributed by atoms with Gasteiger partial charge < -0.3 is 52.6 Å². The maximum Gasteiger partial charge on any atom is 0.304 e. The molecule has 0 radical (unpaired) electrons. The molecule has 2 aromatic carbocycles. The number of benzene rings is 2. The molecule has 11 N–H and O–H groups in total. The molecule has 1 aliphatic rings. The number of nitrogens with one attached hydrogen (secondary N) is 5. The third-order valence-corrected chi connectivity index (χ3v) is 7.70. The number of carboxylic acids is 1. The molecule has 0 spiro atoms. The Hall–Kier alpha value is -5.73. The van der Waals surface area contributed by atoms with Gasteiger partial charge in [0.15, 0.2) is 0 Å². The van der Waals surface area contributed by atoms with Crippen LogP contribution in [0.5, 0.6) is 5.75 Å². The third kappa shape index (κ3) is 12.3. The number of ether oxygens (including phenoxy) is 1. The Bertz CT molecular complexity index is 1660. The van der Waals surface area contributed by atoms with Gasteiger partial charge in [0.2, 0.25) is 35.4 Å². The maximum absolute atomic E-state index is 13.3. The summed E-state index contributed by atoms with van der Waals surface area (Å²) < 4.78 is 5.88. The fourth-order valence-corrected chi connectivity index (χ4v) is 4.90. The SMILES string of the molecule is N=C(N)c1ccc(COc2ccc3c(c2)C(O)N(CCC(=O)O)CC(=O)N3CC(=O)NCC(=O)NCC(=O)NCC(=O)NC(CS)C(N)=O)cc1. The van der Waals surface area contributed by atoms with Crippen molar-refractivity contribution in [1.29, 1.82) is 5.41 Å². The Labute approximate surface area is 296 Å². The highest BCUT2D eigenvalue weighted by Gasteiger charge is 2.34. The molecule has 3 rings (SSSR count). The molecule has 2 unspecified atom stereocenters. The number of amides is 6. The molecule has 19 nitrogen and oxygen atoms in total. The van der Waals surface area contributed by atoms with Crippen molar-refractivity contribution in [3.05, 3.63) is 59.2 Å². The van der Waals surface area contributed by atoms with Crippen molar-refractivity contribution >= 4 is 65.6 Å². The van der Waals surface area contributed by atoms with Crippen LogP contribution in [0.15, 0.2) is 42.5 Å². The summed E-state index contributed by atoms with van der Waals surface area (Å²) >= 11 is 3.89. The van der Waals surface area contributed by atoms with E-state index < -0.39 is 86.4 Å². The topological polar surface area (TPSA) is 300 Å². The fourth-order valence-electron chi connectivity index (χ4n) is 4.63. The van der Waals surface area contributed by atoms with Crippen LogP contribution in [0, 0.1) is 5.41 Å². The summed E-state index contributed by atoms with van der Waals surface area (Å²) in [6, 6.07) is 10.2. The van der Waals surface area contributed by atoms with E-state index in [4.69, 9.17) is 21.6 Å². The molecular formula is C31H39N9O10S. The zero-order valence-corrected chi connectivity index (χ0v) is 28.1. The monoisotopic (exact) mass is 729 g/mol. The Morgan fingerprint density at radius 1 is 0.941 bits per heavy atom. The number of aliphatic hydroxyl groups excluding tert-OH is 1. The minimum atomic E-state index is -1.44. The maximum atomic E-state index is 13.3. The van der Waals surface area contributed by atoms with E-state index in [1.807, 2.05) is 0 Å². The highest BCUT2D eigenvalue weighted by Crippen LogP contribution is 2.35. The van der Waals surface area contributed by atoms with Crippen molar-refractivity contribution in [1.82, 2.24) is 26.2 Å². The van der Waals surface area contributed by atoms with E-state index in [0.29, 0.717) is 11.3 Å². The van der Waals surface area contributed by atoms with Crippen LogP contribution in [0.3, 0.4) is 0 Å². The van der Waals surface area contributed by atoms with E-state index in [2.05, 4.69) is 33.9 Å². The molecule has 2 aromatic rings. The first kappa shape index (κ1) is 39.7. The summed E-state index contributed by atoms with van der Waals surface area (Å²) in [6.45, 7) is -2.69. The summed E-state index contributed by atoms with van der Waals surface area (Å²) in [5, 5.41) is 37.1. The number of carboxylic acid groups (broad SMARTS) is 1. The molecule has 6 amide bonds. The molecule has 51 heavy (non-hydrogen) atoms. The third-order valence-electron chi connectivity index (χ3n) is 7.34. The summed E-state index contributed by atoms with van der Waals surface area (Å²) in [7, 11) is 0. The van der Waals surface area contributed by atoms with Crippen LogP contribution in [-0.4, -0.2) is 113 Å². The van der Waals surface area contributed by atoms with Gasteiger partial charge in [-0.3, -0.25) is 43.9 Å². The molecular weight excluding hydrogens is 690 g/mol. The van der Waals surface area contributed by atoms with Gasteiger partial charge in [0.25, 0.3) is 0 Å². The molecule has 2 atom stereocenters. The Morgan fingerprint density at radius 2 is 1.55 bits per heavy atom. The van der Waals surface area contributed by atoms with Crippen LogP contribution in [0.2, 0.25) is 0 Å². The Kier molecular flexibility index (Phi) is 14.7. The van der Waals surface area contributed by atoms with E-state index in [9.17, 15) is 43.8 Å². The number of amidine groups is 1. The van der Waals surface area contributed by atoms with Gasteiger partial charge >= 0.3 is 5.97 Å². The Balaban J connectivity index is 1.62. The molecule has 0 saturated carbocycles. The van der Waals surface area contributed by atoms with Crippen molar-refractivity contribution < 1.29 is 48.5 Å². The number of nitrogen functional groups attached to an aromatic ring is 1. The normalized spacial score (nSPS) is 14.7. The lowest BCUT2D eigenvalue weighted by Crippen LogP contribution is -2.50. The van der Waals surface area contributed by atoms with Gasteiger partial charge in [-0.2, -0.15) is 12.6 Å². The van der Waals surface area contributed by atoms with E-state index in [-0.39, 0.29) is 42.4 Å². The number of hydrogen-bond donors (Lipinski definition) is 10. The second-order valence-corrected chi connectivity index (χ2v) is 11.5. The van der Waals surface area contributed by atoms with E-state index in [1.165, 1.54) is 23.1 Å². The second-order valence-electron chi connectivity index (χ2n) is 11.1. The minimum absolute atomic E-state index is 0.0422. The first-order valence-electron chi connectivity index (χ1n) is 15.3. The zero-order valence-electron chi connectivity index (χ0n) is 27.2. The van der Waals surface area contributed by atoms with Crippen LogP contribution in [0.4, 0.5) is 5.69 Å². The first-order valence-corrected chi connectivity index (χ1v) is 16.0. The first-order chi connectivity index (χ1) is 24.2. The lowest BCUT2D eigenvalue weighted by molar-refractivity contribution is -0.138. The summed E-state index contributed by atoms with van der Waals surface area (Å²) in [5.74, 6) is -5.37. The number of rotatable bonds is 18. The van der Waals surface area contributed by atoms with Crippen molar-refractivity contribution in [3.8, 4) is 5.75 Å². The van der Waals surface area contributed by atoms with Gasteiger partial charge in [0.1, 0.15) is 37.0 Å². The lowest BCUT2D eigenvalue weighted by atomic mass is 10.1. The van der Waals surface area contributed by atoms with Gasteiger partial charge in [0.05, 0.1) is 38.3 Å². The fraction of sp³-hybridized carbons (Fsp3) is 0.355. The number of carbonyl (C=O) groups excluding carboxylic acids is 6. The molecule has 274 valence electrons.